The van der Waals surface area contributed by atoms with Crippen LogP contribution in [0.1, 0.15) is 30.9 Å². The Labute approximate surface area is 129 Å². The van der Waals surface area contributed by atoms with Gasteiger partial charge in [-0.3, -0.25) is 4.98 Å². The minimum Gasteiger partial charge on any atom is -0.488 e. The van der Waals surface area contributed by atoms with Gasteiger partial charge < -0.3 is 4.74 Å². The topological polar surface area (TPSA) is 22.1 Å². The lowest BCUT2D eigenvalue weighted by Gasteiger charge is -2.11. The molecule has 2 aromatic carbocycles. The van der Waals surface area contributed by atoms with E-state index in [-0.39, 0.29) is 11.7 Å². The van der Waals surface area contributed by atoms with E-state index in [4.69, 9.17) is 4.74 Å². The van der Waals surface area contributed by atoms with Crippen LogP contribution < -0.4 is 4.74 Å². The summed E-state index contributed by atoms with van der Waals surface area (Å²) in [7, 11) is 0. The number of rotatable bonds is 4. The summed E-state index contributed by atoms with van der Waals surface area (Å²) in [6.07, 6.45) is 1.72. The molecule has 0 aliphatic heterocycles. The van der Waals surface area contributed by atoms with Crippen LogP contribution in [0.2, 0.25) is 0 Å². The zero-order chi connectivity index (χ0) is 15.5. The van der Waals surface area contributed by atoms with Gasteiger partial charge in [0.05, 0.1) is 5.52 Å². The summed E-state index contributed by atoms with van der Waals surface area (Å²) in [5.41, 5.74) is 2.45. The molecule has 0 amide bonds. The molecule has 0 saturated carbocycles. The molecule has 0 aliphatic rings. The van der Waals surface area contributed by atoms with E-state index in [2.05, 4.69) is 4.98 Å². The predicted octanol–water partition coefficient (Wildman–Crippen LogP) is 5.08. The van der Waals surface area contributed by atoms with Crippen LogP contribution in [-0.2, 0) is 6.61 Å². The van der Waals surface area contributed by atoms with Gasteiger partial charge in [-0.05, 0) is 41.3 Å². The van der Waals surface area contributed by atoms with E-state index in [0.29, 0.717) is 6.61 Å². The average molecular weight is 295 g/mol. The van der Waals surface area contributed by atoms with E-state index in [0.717, 1.165) is 27.8 Å². The smallest absolute Gasteiger partial charge is 0.130 e. The molecule has 2 nitrogen and oxygen atoms in total. The summed E-state index contributed by atoms with van der Waals surface area (Å²) in [6, 6.07) is 15.0. The van der Waals surface area contributed by atoms with Crippen LogP contribution in [0.4, 0.5) is 4.39 Å². The zero-order valence-electron chi connectivity index (χ0n) is 12.7. The van der Waals surface area contributed by atoms with Crippen molar-refractivity contribution < 1.29 is 9.13 Å². The summed E-state index contributed by atoms with van der Waals surface area (Å²) in [5.74, 6) is 0.772. The Hall–Kier alpha value is -2.42. The number of nitrogens with zero attached hydrogens (tertiary/aromatic N) is 1. The Balaban J connectivity index is 1.81. The molecule has 1 aromatic heterocycles. The first-order valence-corrected chi connectivity index (χ1v) is 7.40. The third kappa shape index (κ3) is 2.93. The van der Waals surface area contributed by atoms with Gasteiger partial charge in [0.1, 0.15) is 18.2 Å². The number of aromatic nitrogens is 1. The van der Waals surface area contributed by atoms with E-state index in [9.17, 15) is 4.39 Å². The fourth-order valence-corrected chi connectivity index (χ4v) is 2.49. The molecular formula is C19H18FNO. The Morgan fingerprint density at radius 3 is 2.68 bits per heavy atom. The second-order valence-electron chi connectivity index (χ2n) is 5.63. The van der Waals surface area contributed by atoms with Gasteiger partial charge in [0, 0.05) is 11.6 Å². The number of halogens is 1. The molecule has 3 heteroatoms. The number of ether oxygens (including phenoxy) is 1. The molecule has 112 valence electrons. The van der Waals surface area contributed by atoms with Gasteiger partial charge in [-0.15, -0.1) is 0 Å². The molecule has 0 atom stereocenters. The van der Waals surface area contributed by atoms with Crippen molar-refractivity contribution in [1.29, 1.82) is 0 Å². The van der Waals surface area contributed by atoms with Crippen LogP contribution in [0.15, 0.2) is 54.7 Å². The maximum Gasteiger partial charge on any atom is 0.130 e. The van der Waals surface area contributed by atoms with Crippen molar-refractivity contribution >= 4 is 10.9 Å². The second-order valence-corrected chi connectivity index (χ2v) is 5.63. The van der Waals surface area contributed by atoms with E-state index in [1.54, 1.807) is 12.3 Å². The molecule has 0 unspecified atom stereocenters. The SMILES string of the molecule is CC(C)c1ccc(COc2ccnc3ccccc23)cc1F. The summed E-state index contributed by atoms with van der Waals surface area (Å²) in [6.45, 7) is 4.30. The molecule has 0 bridgehead atoms. The highest BCUT2D eigenvalue weighted by molar-refractivity contribution is 5.84. The van der Waals surface area contributed by atoms with Crippen molar-refractivity contribution in [2.45, 2.75) is 26.4 Å². The van der Waals surface area contributed by atoms with Crippen molar-refractivity contribution in [1.82, 2.24) is 4.98 Å². The lowest BCUT2D eigenvalue weighted by Crippen LogP contribution is -2.00. The number of fused-ring (bicyclic) bond motifs is 1. The van der Waals surface area contributed by atoms with Crippen LogP contribution >= 0.6 is 0 Å². The van der Waals surface area contributed by atoms with Crippen LogP contribution in [0.25, 0.3) is 10.9 Å². The zero-order valence-corrected chi connectivity index (χ0v) is 12.7. The van der Waals surface area contributed by atoms with Gasteiger partial charge in [-0.1, -0.05) is 38.1 Å². The highest BCUT2D eigenvalue weighted by atomic mass is 19.1. The van der Waals surface area contributed by atoms with Crippen LogP contribution in [0.5, 0.6) is 5.75 Å². The van der Waals surface area contributed by atoms with E-state index >= 15 is 0 Å². The predicted molar refractivity (Wildman–Crippen MR) is 86.6 cm³/mol. The largest absolute Gasteiger partial charge is 0.488 e. The first-order valence-electron chi connectivity index (χ1n) is 7.40. The van der Waals surface area contributed by atoms with Gasteiger partial charge in [0.15, 0.2) is 0 Å². The first kappa shape index (κ1) is 14.5. The van der Waals surface area contributed by atoms with Gasteiger partial charge in [-0.25, -0.2) is 4.39 Å². The number of para-hydroxylation sites is 1. The Morgan fingerprint density at radius 2 is 1.91 bits per heavy atom. The molecule has 1 heterocycles. The Bertz CT molecular complexity index is 793. The lowest BCUT2D eigenvalue weighted by atomic mass is 10.0. The summed E-state index contributed by atoms with van der Waals surface area (Å²) in [5, 5.41) is 0.962. The standard InChI is InChI=1S/C19H18FNO/c1-13(2)15-8-7-14(11-17(15)20)12-22-19-9-10-21-18-6-4-3-5-16(18)19/h3-11,13H,12H2,1-2H3. The second kappa shape index (κ2) is 6.14. The quantitative estimate of drug-likeness (QED) is 0.670. The average Bonchev–Trinajstić information content (AvgIpc) is 2.52. The van der Waals surface area contributed by atoms with E-state index in [1.165, 1.54) is 0 Å². The normalized spacial score (nSPS) is 11.1. The molecule has 0 saturated heterocycles. The summed E-state index contributed by atoms with van der Waals surface area (Å²) >= 11 is 0. The monoisotopic (exact) mass is 295 g/mol. The maximum atomic E-state index is 14.0. The number of benzene rings is 2. The van der Waals surface area contributed by atoms with Crippen LogP contribution in [0, 0.1) is 5.82 Å². The van der Waals surface area contributed by atoms with Gasteiger partial charge in [0.2, 0.25) is 0 Å². The van der Waals surface area contributed by atoms with Crippen molar-refractivity contribution in [3.05, 3.63) is 71.7 Å². The minimum atomic E-state index is -0.171. The summed E-state index contributed by atoms with van der Waals surface area (Å²) in [4.78, 5) is 4.30. The molecule has 0 fully saturated rings. The number of hydrogen-bond donors (Lipinski definition) is 0. The molecular weight excluding hydrogens is 277 g/mol. The van der Waals surface area contributed by atoms with Gasteiger partial charge in [0.25, 0.3) is 0 Å². The number of hydrogen-bond acceptors (Lipinski definition) is 2. The third-order valence-corrected chi connectivity index (χ3v) is 3.69. The van der Waals surface area contributed by atoms with Crippen LogP contribution in [0.3, 0.4) is 0 Å². The van der Waals surface area contributed by atoms with E-state index in [1.807, 2.05) is 56.3 Å². The van der Waals surface area contributed by atoms with Crippen LogP contribution in [-0.4, -0.2) is 4.98 Å². The van der Waals surface area contributed by atoms with Gasteiger partial charge in [-0.2, -0.15) is 0 Å². The molecule has 0 N–H and O–H groups in total. The highest BCUT2D eigenvalue weighted by Crippen LogP contribution is 2.25. The van der Waals surface area contributed by atoms with Crippen molar-refractivity contribution in [3.8, 4) is 5.75 Å². The maximum absolute atomic E-state index is 14.0. The third-order valence-electron chi connectivity index (χ3n) is 3.69. The fraction of sp³-hybridized carbons (Fsp3) is 0.211. The Kier molecular flexibility index (Phi) is 4.05. The molecule has 0 aliphatic carbocycles. The Morgan fingerprint density at radius 1 is 1.09 bits per heavy atom. The molecule has 22 heavy (non-hydrogen) atoms. The van der Waals surface area contributed by atoms with Crippen molar-refractivity contribution in [2.24, 2.45) is 0 Å². The highest BCUT2D eigenvalue weighted by Gasteiger charge is 2.08. The van der Waals surface area contributed by atoms with E-state index < -0.39 is 0 Å². The molecule has 0 spiro atoms. The van der Waals surface area contributed by atoms with Crippen molar-refractivity contribution in [2.75, 3.05) is 0 Å². The summed E-state index contributed by atoms with van der Waals surface area (Å²) < 4.78 is 19.9. The van der Waals surface area contributed by atoms with Crippen molar-refractivity contribution in [3.63, 3.8) is 0 Å². The minimum absolute atomic E-state index is 0.171. The molecule has 3 rings (SSSR count). The lowest BCUT2D eigenvalue weighted by molar-refractivity contribution is 0.309. The molecule has 0 radical (unpaired) electrons. The van der Waals surface area contributed by atoms with Gasteiger partial charge >= 0.3 is 0 Å². The number of pyridine rings is 1. The first-order chi connectivity index (χ1) is 10.6. The molecule has 3 aromatic rings. The fourth-order valence-electron chi connectivity index (χ4n) is 2.49.